The molecule has 2 aliphatic rings. The third kappa shape index (κ3) is 2.12. The first-order chi connectivity index (χ1) is 7.22. The third-order valence-electron chi connectivity index (χ3n) is 2.84. The molecule has 2 rings (SSSR count). The van der Waals surface area contributed by atoms with Crippen molar-refractivity contribution in [1.29, 1.82) is 0 Å². The summed E-state index contributed by atoms with van der Waals surface area (Å²) in [5.74, 6) is 1.75. The Bertz CT molecular complexity index is 331. The largest absolute Gasteiger partial charge is 0.478 e. The van der Waals surface area contributed by atoms with E-state index in [0.717, 1.165) is 12.5 Å². The van der Waals surface area contributed by atoms with Gasteiger partial charge in [0, 0.05) is 4.91 Å². The first-order valence-electron chi connectivity index (χ1n) is 5.35. The van der Waals surface area contributed by atoms with E-state index in [-0.39, 0.29) is 5.92 Å². The zero-order valence-electron chi connectivity index (χ0n) is 9.43. The van der Waals surface area contributed by atoms with Crippen LogP contribution in [0.5, 0.6) is 0 Å². The summed E-state index contributed by atoms with van der Waals surface area (Å²) in [5.41, 5.74) is 0. The van der Waals surface area contributed by atoms with Crippen LogP contribution in [-0.4, -0.2) is 24.8 Å². The minimum atomic E-state index is 0.281. The summed E-state index contributed by atoms with van der Waals surface area (Å²) in [5, 5.41) is 0. The van der Waals surface area contributed by atoms with Crippen molar-refractivity contribution in [2.24, 2.45) is 16.8 Å². The predicted octanol–water partition coefficient (Wildman–Crippen LogP) is 2.87. The molecule has 1 aliphatic carbocycles. The van der Waals surface area contributed by atoms with E-state index < -0.39 is 0 Å². The molecule has 15 heavy (non-hydrogen) atoms. The lowest BCUT2D eigenvalue weighted by Gasteiger charge is -2.10. The van der Waals surface area contributed by atoms with Crippen molar-refractivity contribution in [2.45, 2.75) is 19.9 Å². The van der Waals surface area contributed by atoms with Crippen LogP contribution in [0.4, 0.5) is 0 Å². The van der Waals surface area contributed by atoms with E-state index in [0.29, 0.717) is 12.0 Å². The number of thioether (sulfide) groups is 1. The fraction of sp³-hybridized carbons (Fsp3) is 0.583. The number of hydrogen-bond donors (Lipinski definition) is 0. The molecular weight excluding hydrogens is 206 g/mol. The highest BCUT2D eigenvalue weighted by Crippen LogP contribution is 2.31. The average molecular weight is 223 g/mol. The molecule has 0 fully saturated rings. The van der Waals surface area contributed by atoms with Gasteiger partial charge in [-0.3, -0.25) is 0 Å². The highest BCUT2D eigenvalue weighted by molar-refractivity contribution is 8.02. The van der Waals surface area contributed by atoms with Crippen molar-refractivity contribution in [2.75, 3.05) is 12.9 Å². The normalized spacial score (nSPS) is 29.3. The van der Waals surface area contributed by atoms with Gasteiger partial charge in [0.25, 0.3) is 0 Å². The SMILES string of the molecule is CSC1=CC=C[C@@H]1C1=N[C@@H](C(C)C)CO1. The summed E-state index contributed by atoms with van der Waals surface area (Å²) in [6, 6.07) is 0.345. The molecule has 82 valence electrons. The molecule has 0 bridgehead atoms. The topological polar surface area (TPSA) is 21.6 Å². The van der Waals surface area contributed by atoms with Crippen LogP contribution >= 0.6 is 11.8 Å². The number of allylic oxidation sites excluding steroid dienone is 2. The number of rotatable bonds is 3. The molecule has 0 saturated carbocycles. The zero-order valence-corrected chi connectivity index (χ0v) is 10.3. The molecule has 0 saturated heterocycles. The first kappa shape index (κ1) is 10.8. The Morgan fingerprint density at radius 3 is 2.93 bits per heavy atom. The van der Waals surface area contributed by atoms with Gasteiger partial charge in [-0.15, -0.1) is 11.8 Å². The Hall–Kier alpha value is -0.700. The van der Waals surface area contributed by atoms with Crippen molar-refractivity contribution in [3.8, 4) is 0 Å². The second-order valence-electron chi connectivity index (χ2n) is 4.23. The van der Waals surface area contributed by atoms with Crippen molar-refractivity contribution in [3.05, 3.63) is 23.1 Å². The first-order valence-corrected chi connectivity index (χ1v) is 6.57. The minimum absolute atomic E-state index is 0.281. The van der Waals surface area contributed by atoms with Gasteiger partial charge >= 0.3 is 0 Å². The summed E-state index contributed by atoms with van der Waals surface area (Å²) in [6.45, 7) is 5.13. The van der Waals surface area contributed by atoms with Crippen LogP contribution < -0.4 is 0 Å². The molecule has 0 N–H and O–H groups in total. The lowest BCUT2D eigenvalue weighted by Crippen LogP contribution is -2.13. The molecule has 0 aromatic carbocycles. The standard InChI is InChI=1S/C12H17NOS/c1-8(2)10-7-14-12(13-10)9-5-4-6-11(9)15-3/h4-6,8-10H,7H2,1-3H3/t9-,10+/m0/s1. The van der Waals surface area contributed by atoms with Gasteiger partial charge in [0.05, 0.1) is 12.0 Å². The Morgan fingerprint density at radius 1 is 1.53 bits per heavy atom. The summed E-state index contributed by atoms with van der Waals surface area (Å²) in [6.07, 6.45) is 8.49. The van der Waals surface area contributed by atoms with Gasteiger partial charge < -0.3 is 4.74 Å². The van der Waals surface area contributed by atoms with Crippen LogP contribution in [-0.2, 0) is 4.74 Å². The maximum Gasteiger partial charge on any atom is 0.195 e. The van der Waals surface area contributed by atoms with Crippen LogP contribution in [0.15, 0.2) is 28.1 Å². The third-order valence-corrected chi connectivity index (χ3v) is 3.70. The van der Waals surface area contributed by atoms with Gasteiger partial charge in [-0.2, -0.15) is 0 Å². The van der Waals surface area contributed by atoms with E-state index in [9.17, 15) is 0 Å². The second kappa shape index (κ2) is 4.44. The lowest BCUT2D eigenvalue weighted by molar-refractivity contribution is 0.284. The molecule has 2 nitrogen and oxygen atoms in total. The van der Waals surface area contributed by atoms with Gasteiger partial charge in [0.2, 0.25) is 0 Å². The maximum absolute atomic E-state index is 5.69. The summed E-state index contributed by atoms with van der Waals surface area (Å²) in [7, 11) is 0. The maximum atomic E-state index is 5.69. The van der Waals surface area contributed by atoms with Gasteiger partial charge in [-0.1, -0.05) is 32.1 Å². The molecule has 0 radical (unpaired) electrons. The molecule has 0 unspecified atom stereocenters. The second-order valence-corrected chi connectivity index (χ2v) is 5.11. The number of hydrogen-bond acceptors (Lipinski definition) is 3. The molecule has 0 spiro atoms. The predicted molar refractivity (Wildman–Crippen MR) is 66.2 cm³/mol. The van der Waals surface area contributed by atoms with Gasteiger partial charge in [0.1, 0.15) is 6.61 Å². The highest BCUT2D eigenvalue weighted by Gasteiger charge is 2.29. The quantitative estimate of drug-likeness (QED) is 0.733. The van der Waals surface area contributed by atoms with Gasteiger partial charge in [-0.05, 0) is 12.2 Å². The number of aliphatic imine (C=N–C) groups is 1. The molecule has 0 aromatic heterocycles. The van der Waals surface area contributed by atoms with E-state index in [1.807, 2.05) is 0 Å². The molecular formula is C12H17NOS. The Morgan fingerprint density at radius 2 is 2.33 bits per heavy atom. The van der Waals surface area contributed by atoms with E-state index in [1.165, 1.54) is 4.91 Å². The summed E-state index contributed by atoms with van der Waals surface area (Å²) in [4.78, 5) is 5.99. The number of ether oxygens (including phenoxy) is 1. The zero-order chi connectivity index (χ0) is 10.8. The Labute approximate surface area is 95.5 Å². The summed E-state index contributed by atoms with van der Waals surface area (Å²) < 4.78 is 5.69. The van der Waals surface area contributed by atoms with Crippen LogP contribution in [0.2, 0.25) is 0 Å². The van der Waals surface area contributed by atoms with Crippen molar-refractivity contribution in [3.63, 3.8) is 0 Å². The van der Waals surface area contributed by atoms with E-state index in [1.54, 1.807) is 11.8 Å². The van der Waals surface area contributed by atoms with Crippen LogP contribution in [0.1, 0.15) is 13.8 Å². The molecule has 2 atom stereocenters. The summed E-state index contributed by atoms with van der Waals surface area (Å²) >= 11 is 1.77. The van der Waals surface area contributed by atoms with Crippen LogP contribution in [0.25, 0.3) is 0 Å². The molecule has 3 heteroatoms. The Kier molecular flexibility index (Phi) is 3.19. The number of nitrogens with zero attached hydrogens (tertiary/aromatic N) is 1. The highest BCUT2D eigenvalue weighted by atomic mass is 32.2. The molecule has 1 heterocycles. The van der Waals surface area contributed by atoms with Crippen LogP contribution in [0, 0.1) is 11.8 Å². The molecule has 0 aromatic rings. The molecule has 1 aliphatic heterocycles. The average Bonchev–Trinajstić information content (AvgIpc) is 2.85. The monoisotopic (exact) mass is 223 g/mol. The van der Waals surface area contributed by atoms with Crippen molar-refractivity contribution in [1.82, 2.24) is 0 Å². The fourth-order valence-corrected chi connectivity index (χ4v) is 2.43. The van der Waals surface area contributed by atoms with E-state index in [4.69, 9.17) is 4.74 Å². The van der Waals surface area contributed by atoms with Crippen molar-refractivity contribution < 1.29 is 4.74 Å². The van der Waals surface area contributed by atoms with Gasteiger partial charge in [0.15, 0.2) is 5.90 Å². The lowest BCUT2D eigenvalue weighted by atomic mass is 10.1. The molecule has 0 amide bonds. The van der Waals surface area contributed by atoms with E-state index >= 15 is 0 Å². The minimum Gasteiger partial charge on any atom is -0.478 e. The Balaban J connectivity index is 2.10. The fourth-order valence-electron chi connectivity index (χ4n) is 1.78. The van der Waals surface area contributed by atoms with Crippen LogP contribution in [0.3, 0.4) is 0 Å². The van der Waals surface area contributed by atoms with Crippen molar-refractivity contribution >= 4 is 17.7 Å². The van der Waals surface area contributed by atoms with E-state index in [2.05, 4.69) is 43.3 Å². The smallest absolute Gasteiger partial charge is 0.195 e. The van der Waals surface area contributed by atoms with Gasteiger partial charge in [-0.25, -0.2) is 4.99 Å².